The number of nitrogens with two attached hydrogens (primary N) is 1. The van der Waals surface area contributed by atoms with Crippen LogP contribution in [0, 0.1) is 5.92 Å². The highest BCUT2D eigenvalue weighted by atomic mass is 32.2. The van der Waals surface area contributed by atoms with Gasteiger partial charge in [-0.15, -0.1) is 0 Å². The molecule has 5 nitrogen and oxygen atoms in total. The van der Waals surface area contributed by atoms with Crippen molar-refractivity contribution in [2.45, 2.75) is 37.8 Å². The van der Waals surface area contributed by atoms with E-state index in [0.29, 0.717) is 19.1 Å². The lowest BCUT2D eigenvalue weighted by Gasteiger charge is -2.32. The first-order chi connectivity index (χ1) is 13.0. The third-order valence-electron chi connectivity index (χ3n) is 5.37. The molecule has 1 aliphatic carbocycles. The molecule has 144 valence electrons. The number of hydrogen-bond donors (Lipinski definition) is 2. The fraction of sp³-hybridized carbons (Fsp3) is 0.429. The van der Waals surface area contributed by atoms with Crippen LogP contribution in [-0.2, 0) is 23.0 Å². The molecule has 1 heterocycles. The van der Waals surface area contributed by atoms with Gasteiger partial charge >= 0.3 is 0 Å². The van der Waals surface area contributed by atoms with Crippen LogP contribution in [0.2, 0.25) is 0 Å². The first-order valence-corrected chi connectivity index (χ1v) is 11.2. The van der Waals surface area contributed by atoms with Crippen molar-refractivity contribution in [3.8, 4) is 5.75 Å². The zero-order valence-electron chi connectivity index (χ0n) is 15.3. The lowest BCUT2D eigenvalue weighted by atomic mass is 9.84. The molecule has 2 aliphatic rings. The van der Waals surface area contributed by atoms with Crippen LogP contribution in [0.15, 0.2) is 48.5 Å². The molecule has 3 N–H and O–H groups in total. The number of nitrogens with one attached hydrogen (secondary N) is 1. The summed E-state index contributed by atoms with van der Waals surface area (Å²) in [5.41, 5.74) is 9.60. The van der Waals surface area contributed by atoms with E-state index in [1.165, 1.54) is 5.56 Å². The topological polar surface area (TPSA) is 81.4 Å². The average molecular weight is 387 g/mol. The SMILES string of the molecule is N[C@H]1COc2ccc(CNS(=O)(=O)CC3CC3)cc2[C@@H]1Cc1ccccc1. The molecule has 0 aromatic heterocycles. The molecule has 2 aromatic rings. The minimum Gasteiger partial charge on any atom is -0.492 e. The van der Waals surface area contributed by atoms with Crippen molar-refractivity contribution in [2.24, 2.45) is 11.7 Å². The van der Waals surface area contributed by atoms with E-state index >= 15 is 0 Å². The van der Waals surface area contributed by atoms with Crippen molar-refractivity contribution in [1.29, 1.82) is 0 Å². The van der Waals surface area contributed by atoms with Gasteiger partial charge in [0, 0.05) is 18.5 Å². The Morgan fingerprint density at radius 1 is 1.07 bits per heavy atom. The van der Waals surface area contributed by atoms with Crippen LogP contribution in [0.1, 0.15) is 35.4 Å². The zero-order valence-corrected chi connectivity index (χ0v) is 16.1. The predicted molar refractivity (Wildman–Crippen MR) is 106 cm³/mol. The smallest absolute Gasteiger partial charge is 0.212 e. The highest BCUT2D eigenvalue weighted by Crippen LogP contribution is 2.36. The van der Waals surface area contributed by atoms with Gasteiger partial charge in [-0.2, -0.15) is 0 Å². The standard InChI is InChI=1S/C21H26N2O3S/c22-20-13-26-21-9-8-17(12-23-27(24,25)14-16-6-7-16)11-19(21)18(20)10-15-4-2-1-3-5-15/h1-5,8-9,11,16,18,20,23H,6-7,10,12-14,22H2/t18-,20-/m0/s1. The molecule has 2 atom stereocenters. The number of benzene rings is 2. The van der Waals surface area contributed by atoms with Crippen molar-refractivity contribution in [2.75, 3.05) is 12.4 Å². The Morgan fingerprint density at radius 3 is 2.59 bits per heavy atom. The molecule has 2 aromatic carbocycles. The van der Waals surface area contributed by atoms with Crippen molar-refractivity contribution >= 4 is 10.0 Å². The molecule has 0 unspecified atom stereocenters. The van der Waals surface area contributed by atoms with E-state index < -0.39 is 10.0 Å². The molecule has 0 spiro atoms. The minimum absolute atomic E-state index is 0.0838. The second-order valence-electron chi connectivity index (χ2n) is 7.69. The minimum atomic E-state index is -3.22. The van der Waals surface area contributed by atoms with Crippen LogP contribution in [0.5, 0.6) is 5.75 Å². The Morgan fingerprint density at radius 2 is 1.85 bits per heavy atom. The molecule has 0 amide bonds. The van der Waals surface area contributed by atoms with Crippen molar-refractivity contribution in [3.05, 3.63) is 65.2 Å². The van der Waals surface area contributed by atoms with Crippen LogP contribution >= 0.6 is 0 Å². The maximum atomic E-state index is 12.1. The Hall–Kier alpha value is -1.89. The first-order valence-electron chi connectivity index (χ1n) is 9.52. The first kappa shape index (κ1) is 18.5. The second-order valence-corrected chi connectivity index (χ2v) is 9.54. The summed E-state index contributed by atoms with van der Waals surface area (Å²) in [6, 6.07) is 16.1. The summed E-state index contributed by atoms with van der Waals surface area (Å²) in [6.07, 6.45) is 2.89. The molecular weight excluding hydrogens is 360 g/mol. The molecular formula is C21H26N2O3S. The second kappa shape index (κ2) is 7.62. The molecule has 1 fully saturated rings. The Labute approximate surface area is 161 Å². The molecule has 1 aliphatic heterocycles. The van der Waals surface area contributed by atoms with E-state index in [4.69, 9.17) is 10.5 Å². The van der Waals surface area contributed by atoms with Crippen molar-refractivity contribution < 1.29 is 13.2 Å². The van der Waals surface area contributed by atoms with E-state index in [9.17, 15) is 8.42 Å². The summed E-state index contributed by atoms with van der Waals surface area (Å²) in [4.78, 5) is 0. The van der Waals surface area contributed by atoms with Gasteiger partial charge in [0.2, 0.25) is 10.0 Å². The average Bonchev–Trinajstić information content (AvgIpc) is 3.46. The van der Waals surface area contributed by atoms with Crippen LogP contribution in [0.3, 0.4) is 0 Å². The van der Waals surface area contributed by atoms with Crippen LogP contribution in [0.4, 0.5) is 0 Å². The van der Waals surface area contributed by atoms with Gasteiger partial charge in [-0.3, -0.25) is 0 Å². The fourth-order valence-electron chi connectivity index (χ4n) is 3.64. The number of hydrogen-bond acceptors (Lipinski definition) is 4. The predicted octanol–water partition coefficient (Wildman–Crippen LogP) is 2.56. The van der Waals surface area contributed by atoms with Gasteiger partial charge in [-0.25, -0.2) is 13.1 Å². The van der Waals surface area contributed by atoms with Gasteiger partial charge in [-0.1, -0.05) is 42.5 Å². The normalized spacial score (nSPS) is 22.1. The van der Waals surface area contributed by atoms with Gasteiger partial charge < -0.3 is 10.5 Å². The largest absolute Gasteiger partial charge is 0.492 e. The summed E-state index contributed by atoms with van der Waals surface area (Å²) in [5.74, 6) is 1.58. The third-order valence-corrected chi connectivity index (χ3v) is 6.86. The van der Waals surface area contributed by atoms with Crippen LogP contribution < -0.4 is 15.2 Å². The van der Waals surface area contributed by atoms with Gasteiger partial charge in [0.15, 0.2) is 0 Å². The van der Waals surface area contributed by atoms with Gasteiger partial charge in [0.1, 0.15) is 12.4 Å². The monoisotopic (exact) mass is 386 g/mol. The summed E-state index contributed by atoms with van der Waals surface area (Å²) in [6.45, 7) is 0.799. The maximum absolute atomic E-state index is 12.1. The summed E-state index contributed by atoms with van der Waals surface area (Å²) >= 11 is 0. The van der Waals surface area contributed by atoms with E-state index in [2.05, 4.69) is 16.9 Å². The van der Waals surface area contributed by atoms with Crippen LogP contribution in [-0.4, -0.2) is 26.8 Å². The number of sulfonamides is 1. The molecule has 0 saturated heterocycles. The van der Waals surface area contributed by atoms with Crippen LogP contribution in [0.25, 0.3) is 0 Å². The number of rotatable bonds is 7. The number of fused-ring (bicyclic) bond motifs is 1. The van der Waals surface area contributed by atoms with Crippen molar-refractivity contribution in [3.63, 3.8) is 0 Å². The molecule has 0 radical (unpaired) electrons. The Kier molecular flexibility index (Phi) is 5.21. The fourth-order valence-corrected chi connectivity index (χ4v) is 5.10. The Bertz CT molecular complexity index is 895. The van der Waals surface area contributed by atoms with E-state index in [1.807, 2.05) is 36.4 Å². The molecule has 6 heteroatoms. The lowest BCUT2D eigenvalue weighted by molar-refractivity contribution is 0.238. The molecule has 0 bridgehead atoms. The highest BCUT2D eigenvalue weighted by molar-refractivity contribution is 7.89. The third kappa shape index (κ3) is 4.69. The molecule has 27 heavy (non-hydrogen) atoms. The Balaban J connectivity index is 1.51. The van der Waals surface area contributed by atoms with Crippen molar-refractivity contribution in [1.82, 2.24) is 4.72 Å². The van der Waals surface area contributed by atoms with Gasteiger partial charge in [0.25, 0.3) is 0 Å². The maximum Gasteiger partial charge on any atom is 0.212 e. The summed E-state index contributed by atoms with van der Waals surface area (Å²) < 4.78 is 32.8. The number of ether oxygens (including phenoxy) is 1. The molecule has 4 rings (SSSR count). The van der Waals surface area contributed by atoms with E-state index in [0.717, 1.165) is 36.1 Å². The zero-order chi connectivity index (χ0) is 18.9. The highest BCUT2D eigenvalue weighted by Gasteiger charge is 2.30. The van der Waals surface area contributed by atoms with Gasteiger partial charge in [0.05, 0.1) is 5.75 Å². The van der Waals surface area contributed by atoms with E-state index in [1.54, 1.807) is 0 Å². The van der Waals surface area contributed by atoms with E-state index in [-0.39, 0.29) is 17.7 Å². The lowest BCUT2D eigenvalue weighted by Crippen LogP contribution is -2.39. The quantitative estimate of drug-likeness (QED) is 0.766. The van der Waals surface area contributed by atoms with Gasteiger partial charge in [-0.05, 0) is 47.9 Å². The summed E-state index contributed by atoms with van der Waals surface area (Å²) in [5, 5.41) is 0. The summed E-state index contributed by atoms with van der Waals surface area (Å²) in [7, 11) is -3.22. The molecule has 1 saturated carbocycles.